The highest BCUT2D eigenvalue weighted by molar-refractivity contribution is 6.10. The van der Waals surface area contributed by atoms with Crippen LogP contribution in [0, 0.1) is 6.92 Å². The number of benzene rings is 3. The van der Waals surface area contributed by atoms with Crippen LogP contribution in [0.15, 0.2) is 60.7 Å². The number of hydrogen-bond donors (Lipinski definition) is 0. The van der Waals surface area contributed by atoms with Crippen LogP contribution in [0.1, 0.15) is 21.5 Å². The van der Waals surface area contributed by atoms with Crippen molar-refractivity contribution in [3.63, 3.8) is 0 Å². The zero-order chi connectivity index (χ0) is 15.5. The minimum Gasteiger partial charge on any atom is -0.496 e. The summed E-state index contributed by atoms with van der Waals surface area (Å²) in [7, 11) is 1.65. The van der Waals surface area contributed by atoms with E-state index in [0.717, 1.165) is 33.2 Å². The Balaban J connectivity index is 2.03. The highest BCUT2D eigenvalue weighted by Crippen LogP contribution is 2.29. The van der Waals surface area contributed by atoms with Crippen LogP contribution in [0.2, 0.25) is 0 Å². The molecule has 0 aliphatic rings. The first kappa shape index (κ1) is 14.3. The number of ether oxygens (including phenoxy) is 1. The van der Waals surface area contributed by atoms with Gasteiger partial charge in [-0.2, -0.15) is 0 Å². The average Bonchev–Trinajstić information content (AvgIpc) is 2.56. The highest BCUT2D eigenvalue weighted by atomic mass is 16.5. The second-order valence-electron chi connectivity index (χ2n) is 5.39. The molecule has 0 amide bonds. The quantitative estimate of drug-likeness (QED) is 0.657. The topological polar surface area (TPSA) is 26.3 Å². The second-order valence-corrected chi connectivity index (χ2v) is 5.39. The average molecular weight is 290 g/mol. The van der Waals surface area contributed by atoms with E-state index in [0.29, 0.717) is 6.42 Å². The third-order valence-corrected chi connectivity index (χ3v) is 4.02. The number of hydrogen-bond acceptors (Lipinski definition) is 2. The molecule has 0 heterocycles. The van der Waals surface area contributed by atoms with Crippen LogP contribution < -0.4 is 4.74 Å². The molecule has 0 saturated carbocycles. The van der Waals surface area contributed by atoms with Crippen molar-refractivity contribution in [3.05, 3.63) is 77.4 Å². The van der Waals surface area contributed by atoms with Gasteiger partial charge in [-0.25, -0.2) is 0 Å². The van der Waals surface area contributed by atoms with Crippen LogP contribution in [0.5, 0.6) is 5.75 Å². The van der Waals surface area contributed by atoms with Crippen molar-refractivity contribution >= 4 is 16.6 Å². The van der Waals surface area contributed by atoms with Gasteiger partial charge in [0.25, 0.3) is 0 Å². The van der Waals surface area contributed by atoms with Gasteiger partial charge in [-0.1, -0.05) is 48.5 Å². The normalized spacial score (nSPS) is 10.6. The fourth-order valence-corrected chi connectivity index (χ4v) is 2.77. The Hall–Kier alpha value is -2.61. The first-order valence-electron chi connectivity index (χ1n) is 7.34. The summed E-state index contributed by atoms with van der Waals surface area (Å²) in [5.41, 5.74) is 2.97. The lowest BCUT2D eigenvalue weighted by molar-refractivity contribution is 0.0994. The van der Waals surface area contributed by atoms with E-state index in [4.69, 9.17) is 4.74 Å². The van der Waals surface area contributed by atoms with Crippen molar-refractivity contribution in [2.75, 3.05) is 7.11 Å². The summed E-state index contributed by atoms with van der Waals surface area (Å²) in [6.07, 6.45) is 0.420. The van der Waals surface area contributed by atoms with E-state index >= 15 is 0 Å². The third-order valence-electron chi connectivity index (χ3n) is 4.02. The van der Waals surface area contributed by atoms with E-state index in [-0.39, 0.29) is 5.78 Å². The summed E-state index contributed by atoms with van der Waals surface area (Å²) in [6, 6.07) is 19.6. The van der Waals surface area contributed by atoms with Crippen molar-refractivity contribution in [2.45, 2.75) is 13.3 Å². The fraction of sp³-hybridized carbons (Fsp3) is 0.150. The summed E-state index contributed by atoms with van der Waals surface area (Å²) in [4.78, 5) is 12.7. The molecular weight excluding hydrogens is 272 g/mol. The lowest BCUT2D eigenvalue weighted by Crippen LogP contribution is -2.06. The van der Waals surface area contributed by atoms with Crippen LogP contribution in [0.3, 0.4) is 0 Å². The van der Waals surface area contributed by atoms with Gasteiger partial charge >= 0.3 is 0 Å². The van der Waals surface area contributed by atoms with Gasteiger partial charge in [0, 0.05) is 17.4 Å². The zero-order valence-electron chi connectivity index (χ0n) is 12.8. The molecule has 0 atom stereocenters. The molecule has 0 unspecified atom stereocenters. The molecule has 2 nitrogen and oxygen atoms in total. The van der Waals surface area contributed by atoms with Crippen molar-refractivity contribution in [1.82, 2.24) is 0 Å². The number of carbonyl (C=O) groups is 1. The van der Waals surface area contributed by atoms with E-state index in [1.807, 2.05) is 67.6 Å². The SMILES string of the molecule is COc1ccc(C(=O)Cc2ccccc2C)c2ccccc12. The predicted molar refractivity (Wildman–Crippen MR) is 89.7 cm³/mol. The summed E-state index contributed by atoms with van der Waals surface area (Å²) in [5, 5.41) is 1.92. The number of rotatable bonds is 4. The molecule has 2 heteroatoms. The number of methoxy groups -OCH3 is 1. The number of aryl methyl sites for hydroxylation is 1. The summed E-state index contributed by atoms with van der Waals surface area (Å²) >= 11 is 0. The summed E-state index contributed by atoms with van der Waals surface area (Å²) in [5.74, 6) is 0.927. The second kappa shape index (κ2) is 6.02. The first-order valence-corrected chi connectivity index (χ1v) is 7.34. The molecule has 0 saturated heterocycles. The number of ketones is 1. The maximum absolute atomic E-state index is 12.7. The Bertz CT molecular complexity index is 834. The number of fused-ring (bicyclic) bond motifs is 1. The van der Waals surface area contributed by atoms with Crippen molar-refractivity contribution in [1.29, 1.82) is 0 Å². The van der Waals surface area contributed by atoms with E-state index in [1.165, 1.54) is 0 Å². The Morgan fingerprint density at radius 2 is 1.59 bits per heavy atom. The van der Waals surface area contributed by atoms with Gasteiger partial charge in [0.05, 0.1) is 7.11 Å². The predicted octanol–water partition coefficient (Wildman–Crippen LogP) is 4.58. The van der Waals surface area contributed by atoms with Gasteiger partial charge in [-0.15, -0.1) is 0 Å². The summed E-state index contributed by atoms with van der Waals surface area (Å²) < 4.78 is 5.39. The maximum Gasteiger partial charge on any atom is 0.167 e. The van der Waals surface area contributed by atoms with Crippen LogP contribution in [0.25, 0.3) is 10.8 Å². The van der Waals surface area contributed by atoms with Gasteiger partial charge in [-0.05, 0) is 35.6 Å². The molecule has 0 aromatic heterocycles. The van der Waals surface area contributed by atoms with Crippen molar-refractivity contribution in [3.8, 4) is 5.75 Å². The van der Waals surface area contributed by atoms with E-state index in [1.54, 1.807) is 7.11 Å². The van der Waals surface area contributed by atoms with E-state index in [9.17, 15) is 4.79 Å². The standard InChI is InChI=1S/C20H18O2/c1-14-7-3-4-8-15(14)13-19(21)17-11-12-20(22-2)18-10-6-5-9-16(17)18/h3-12H,13H2,1-2H3. The van der Waals surface area contributed by atoms with Crippen molar-refractivity contribution < 1.29 is 9.53 Å². The molecule has 0 N–H and O–H groups in total. The van der Waals surface area contributed by atoms with Gasteiger partial charge in [0.1, 0.15) is 5.75 Å². The highest BCUT2D eigenvalue weighted by Gasteiger charge is 2.13. The Labute approximate surface area is 130 Å². The molecule has 3 aromatic rings. The van der Waals surface area contributed by atoms with E-state index < -0.39 is 0 Å². The van der Waals surface area contributed by atoms with Crippen molar-refractivity contribution in [2.24, 2.45) is 0 Å². The molecule has 0 radical (unpaired) electrons. The van der Waals surface area contributed by atoms with Gasteiger partial charge < -0.3 is 4.74 Å². The minimum absolute atomic E-state index is 0.133. The first-order chi connectivity index (χ1) is 10.7. The third kappa shape index (κ3) is 2.60. The monoisotopic (exact) mass is 290 g/mol. The largest absolute Gasteiger partial charge is 0.496 e. The van der Waals surface area contributed by atoms with Crippen LogP contribution in [-0.2, 0) is 6.42 Å². The number of carbonyl (C=O) groups excluding carboxylic acids is 1. The Morgan fingerprint density at radius 3 is 2.32 bits per heavy atom. The Morgan fingerprint density at radius 1 is 0.909 bits per heavy atom. The molecule has 22 heavy (non-hydrogen) atoms. The molecular formula is C20H18O2. The maximum atomic E-state index is 12.7. The zero-order valence-corrected chi connectivity index (χ0v) is 12.8. The molecule has 3 aromatic carbocycles. The fourth-order valence-electron chi connectivity index (χ4n) is 2.77. The van der Waals surface area contributed by atoms with Crippen LogP contribution in [-0.4, -0.2) is 12.9 Å². The van der Waals surface area contributed by atoms with Crippen LogP contribution in [0.4, 0.5) is 0 Å². The smallest absolute Gasteiger partial charge is 0.167 e. The molecule has 0 aliphatic heterocycles. The van der Waals surface area contributed by atoms with Crippen LogP contribution >= 0.6 is 0 Å². The number of Topliss-reactive ketones (excluding diaryl/α,β-unsaturated/α-hetero) is 1. The van der Waals surface area contributed by atoms with Gasteiger partial charge in [-0.3, -0.25) is 4.79 Å². The minimum atomic E-state index is 0.133. The lowest BCUT2D eigenvalue weighted by Gasteiger charge is -2.10. The molecule has 0 aliphatic carbocycles. The lowest BCUT2D eigenvalue weighted by atomic mass is 9.95. The molecule has 3 rings (SSSR count). The molecule has 0 spiro atoms. The van der Waals surface area contributed by atoms with Gasteiger partial charge in [0.2, 0.25) is 0 Å². The molecule has 110 valence electrons. The molecule has 0 bridgehead atoms. The van der Waals surface area contributed by atoms with E-state index in [2.05, 4.69) is 0 Å². The van der Waals surface area contributed by atoms with Gasteiger partial charge in [0.15, 0.2) is 5.78 Å². The molecule has 0 fully saturated rings. The Kier molecular flexibility index (Phi) is 3.92. The summed E-state index contributed by atoms with van der Waals surface area (Å²) in [6.45, 7) is 2.04.